The summed E-state index contributed by atoms with van der Waals surface area (Å²) in [5, 5.41) is 5.44. The molecule has 0 aliphatic carbocycles. The van der Waals surface area contributed by atoms with E-state index < -0.39 is 0 Å². The molecule has 0 spiro atoms. The number of hydrogen-bond donors (Lipinski definition) is 1. The third-order valence-corrected chi connectivity index (χ3v) is 5.04. The van der Waals surface area contributed by atoms with Gasteiger partial charge in [-0.05, 0) is 59.9 Å². The first kappa shape index (κ1) is 17.3. The number of carbonyl (C=O) groups excluding carboxylic acids is 1. The van der Waals surface area contributed by atoms with Crippen molar-refractivity contribution in [3.05, 3.63) is 83.4 Å². The van der Waals surface area contributed by atoms with E-state index in [4.69, 9.17) is 4.74 Å². The Bertz CT molecular complexity index is 1010. The van der Waals surface area contributed by atoms with Crippen molar-refractivity contribution in [3.8, 4) is 5.75 Å². The number of rotatable bonds is 4. The lowest BCUT2D eigenvalue weighted by Gasteiger charge is -2.19. The lowest BCUT2D eigenvalue weighted by atomic mass is 9.99. The number of benzene rings is 3. The van der Waals surface area contributed by atoms with Crippen LogP contribution in [0.4, 0.5) is 0 Å². The zero-order chi connectivity index (χ0) is 18.6. The van der Waals surface area contributed by atoms with E-state index >= 15 is 0 Å². The van der Waals surface area contributed by atoms with Crippen molar-refractivity contribution in [1.29, 1.82) is 0 Å². The molecule has 136 valence electrons. The lowest BCUT2D eigenvalue weighted by molar-refractivity contribution is -0.117. The zero-order valence-corrected chi connectivity index (χ0v) is 15.4. The third kappa shape index (κ3) is 3.87. The molecule has 4 rings (SSSR count). The Morgan fingerprint density at radius 1 is 1.07 bits per heavy atom. The van der Waals surface area contributed by atoms with E-state index in [1.165, 1.54) is 16.3 Å². The minimum Gasteiger partial charge on any atom is -0.493 e. The molecule has 1 aliphatic rings. The van der Waals surface area contributed by atoms with Crippen LogP contribution in [0.25, 0.3) is 16.8 Å². The maximum atomic E-state index is 12.4. The molecule has 27 heavy (non-hydrogen) atoms. The summed E-state index contributed by atoms with van der Waals surface area (Å²) in [7, 11) is 0. The van der Waals surface area contributed by atoms with Crippen molar-refractivity contribution in [2.45, 2.75) is 25.8 Å². The molecule has 0 aromatic heterocycles. The van der Waals surface area contributed by atoms with Gasteiger partial charge in [0.2, 0.25) is 5.91 Å². The highest BCUT2D eigenvalue weighted by atomic mass is 16.5. The number of carbonyl (C=O) groups is 1. The molecule has 0 saturated carbocycles. The van der Waals surface area contributed by atoms with Crippen molar-refractivity contribution in [3.63, 3.8) is 0 Å². The average molecular weight is 357 g/mol. The van der Waals surface area contributed by atoms with Gasteiger partial charge >= 0.3 is 0 Å². The Labute approximate surface area is 159 Å². The van der Waals surface area contributed by atoms with E-state index in [1.807, 2.05) is 43.3 Å². The standard InChI is InChI=1S/C24H23NO2/c1-17(20-12-11-18-6-2-3-7-21(18)16-20)25-24(26)14-13-19-8-4-10-23-22(19)9-5-15-27-23/h2-4,6-8,10-14,16-17H,5,9,15H2,1H3,(H,25,26)/t17-/m0/s1. The first-order chi connectivity index (χ1) is 13.2. The van der Waals surface area contributed by atoms with E-state index in [9.17, 15) is 4.79 Å². The molecule has 1 heterocycles. The summed E-state index contributed by atoms with van der Waals surface area (Å²) in [6, 6.07) is 20.5. The van der Waals surface area contributed by atoms with E-state index in [2.05, 4.69) is 35.6 Å². The molecule has 3 aromatic carbocycles. The fourth-order valence-corrected chi connectivity index (χ4v) is 3.56. The fraction of sp³-hybridized carbons (Fsp3) is 0.208. The Morgan fingerprint density at radius 2 is 1.93 bits per heavy atom. The van der Waals surface area contributed by atoms with E-state index in [-0.39, 0.29) is 11.9 Å². The molecule has 0 fully saturated rings. The molecule has 0 unspecified atom stereocenters. The number of amides is 1. The van der Waals surface area contributed by atoms with Gasteiger partial charge in [-0.3, -0.25) is 4.79 Å². The number of nitrogens with one attached hydrogen (secondary N) is 1. The van der Waals surface area contributed by atoms with Gasteiger partial charge in [0, 0.05) is 11.6 Å². The third-order valence-electron chi connectivity index (χ3n) is 5.04. The Kier molecular flexibility index (Phi) is 4.93. The predicted molar refractivity (Wildman–Crippen MR) is 110 cm³/mol. The summed E-state index contributed by atoms with van der Waals surface area (Å²) in [5.41, 5.74) is 3.34. The van der Waals surface area contributed by atoms with Crippen molar-refractivity contribution in [1.82, 2.24) is 5.32 Å². The van der Waals surface area contributed by atoms with E-state index in [0.29, 0.717) is 0 Å². The summed E-state index contributed by atoms with van der Waals surface area (Å²) in [5.74, 6) is 0.846. The van der Waals surface area contributed by atoms with Crippen molar-refractivity contribution in [2.75, 3.05) is 6.61 Å². The smallest absolute Gasteiger partial charge is 0.244 e. The van der Waals surface area contributed by atoms with E-state index in [0.717, 1.165) is 36.3 Å². The minimum absolute atomic E-state index is 0.0558. The van der Waals surface area contributed by atoms with Crippen LogP contribution < -0.4 is 10.1 Å². The summed E-state index contributed by atoms with van der Waals surface area (Å²) in [6.07, 6.45) is 5.51. The van der Waals surface area contributed by atoms with Crippen LogP contribution in [0.2, 0.25) is 0 Å². The van der Waals surface area contributed by atoms with Gasteiger partial charge in [0.25, 0.3) is 0 Å². The van der Waals surface area contributed by atoms with Gasteiger partial charge in [-0.1, -0.05) is 48.5 Å². The Balaban J connectivity index is 1.46. The van der Waals surface area contributed by atoms with Crippen LogP contribution in [-0.4, -0.2) is 12.5 Å². The molecule has 3 aromatic rings. The fourth-order valence-electron chi connectivity index (χ4n) is 3.56. The van der Waals surface area contributed by atoms with Crippen LogP contribution in [0.15, 0.2) is 66.7 Å². The molecule has 0 bridgehead atoms. The van der Waals surface area contributed by atoms with Gasteiger partial charge in [-0.2, -0.15) is 0 Å². The Hall–Kier alpha value is -3.07. The number of hydrogen-bond acceptors (Lipinski definition) is 2. The SMILES string of the molecule is C[C@H](NC(=O)C=Cc1cccc2c1CCCO2)c1ccc2ccccc2c1. The zero-order valence-electron chi connectivity index (χ0n) is 15.4. The molecule has 1 amide bonds. The van der Waals surface area contributed by atoms with Crippen LogP contribution in [-0.2, 0) is 11.2 Å². The number of fused-ring (bicyclic) bond motifs is 2. The van der Waals surface area contributed by atoms with E-state index in [1.54, 1.807) is 6.08 Å². The predicted octanol–water partition coefficient (Wildman–Crippen LogP) is 5.06. The van der Waals surface area contributed by atoms with Crippen LogP contribution >= 0.6 is 0 Å². The van der Waals surface area contributed by atoms with Crippen molar-refractivity contribution in [2.24, 2.45) is 0 Å². The molecule has 3 heteroatoms. The van der Waals surface area contributed by atoms with Gasteiger partial charge in [0.05, 0.1) is 12.6 Å². The second-order valence-corrected chi connectivity index (χ2v) is 6.95. The van der Waals surface area contributed by atoms with Gasteiger partial charge in [-0.15, -0.1) is 0 Å². The Morgan fingerprint density at radius 3 is 2.81 bits per heavy atom. The van der Waals surface area contributed by atoms with Crippen molar-refractivity contribution < 1.29 is 9.53 Å². The first-order valence-electron chi connectivity index (χ1n) is 9.43. The normalized spacial score (nSPS) is 14.6. The molecule has 0 saturated heterocycles. The van der Waals surface area contributed by atoms with Crippen LogP contribution in [0.1, 0.15) is 36.1 Å². The van der Waals surface area contributed by atoms with Gasteiger partial charge < -0.3 is 10.1 Å². The van der Waals surface area contributed by atoms with Crippen LogP contribution in [0.3, 0.4) is 0 Å². The summed E-state index contributed by atoms with van der Waals surface area (Å²) in [6.45, 7) is 2.78. The average Bonchev–Trinajstić information content (AvgIpc) is 2.71. The molecule has 1 atom stereocenters. The maximum Gasteiger partial charge on any atom is 0.244 e. The first-order valence-corrected chi connectivity index (χ1v) is 9.43. The quantitative estimate of drug-likeness (QED) is 0.663. The summed E-state index contributed by atoms with van der Waals surface area (Å²) < 4.78 is 5.69. The second-order valence-electron chi connectivity index (χ2n) is 6.95. The van der Waals surface area contributed by atoms with Crippen LogP contribution in [0.5, 0.6) is 5.75 Å². The highest BCUT2D eigenvalue weighted by Crippen LogP contribution is 2.28. The maximum absolute atomic E-state index is 12.4. The molecule has 0 radical (unpaired) electrons. The highest BCUT2D eigenvalue weighted by molar-refractivity contribution is 5.92. The van der Waals surface area contributed by atoms with Gasteiger partial charge in [0.1, 0.15) is 5.75 Å². The molecular weight excluding hydrogens is 334 g/mol. The van der Waals surface area contributed by atoms with Gasteiger partial charge in [0.15, 0.2) is 0 Å². The molecule has 1 N–H and O–H groups in total. The van der Waals surface area contributed by atoms with Crippen molar-refractivity contribution >= 4 is 22.8 Å². The lowest BCUT2D eigenvalue weighted by Crippen LogP contribution is -2.24. The topological polar surface area (TPSA) is 38.3 Å². The molecule has 1 aliphatic heterocycles. The minimum atomic E-state index is -0.0926. The number of ether oxygens (including phenoxy) is 1. The largest absolute Gasteiger partial charge is 0.493 e. The monoisotopic (exact) mass is 357 g/mol. The summed E-state index contributed by atoms with van der Waals surface area (Å²) in [4.78, 5) is 12.4. The molecule has 3 nitrogen and oxygen atoms in total. The highest BCUT2D eigenvalue weighted by Gasteiger charge is 2.13. The second kappa shape index (κ2) is 7.67. The molecular formula is C24H23NO2. The van der Waals surface area contributed by atoms with Gasteiger partial charge in [-0.25, -0.2) is 0 Å². The van der Waals surface area contributed by atoms with Crippen LogP contribution in [0, 0.1) is 0 Å². The summed E-state index contributed by atoms with van der Waals surface area (Å²) >= 11 is 0.